The highest BCUT2D eigenvalue weighted by Gasteiger charge is 2.12. The van der Waals surface area contributed by atoms with E-state index in [4.69, 9.17) is 5.11 Å². The van der Waals surface area contributed by atoms with Crippen molar-refractivity contribution >= 4 is 29.1 Å². The van der Waals surface area contributed by atoms with Crippen LogP contribution in [-0.4, -0.2) is 25.6 Å². The number of carboxylic acids is 1. The summed E-state index contributed by atoms with van der Waals surface area (Å²) in [6.07, 6.45) is 3.15. The normalized spacial score (nSPS) is 11.0. The SMILES string of the molecule is CC(C)Cn1ccnc(Sc2nc(CC(=O)O)cs2)c1=O. The van der Waals surface area contributed by atoms with Crippen LogP contribution in [0.1, 0.15) is 19.5 Å². The number of rotatable bonds is 6. The van der Waals surface area contributed by atoms with Crippen molar-refractivity contribution in [2.24, 2.45) is 5.92 Å². The lowest BCUT2D eigenvalue weighted by atomic mass is 10.2. The van der Waals surface area contributed by atoms with Crippen molar-refractivity contribution in [1.82, 2.24) is 14.5 Å². The van der Waals surface area contributed by atoms with E-state index in [0.717, 1.165) is 0 Å². The van der Waals surface area contributed by atoms with Crippen molar-refractivity contribution < 1.29 is 9.90 Å². The van der Waals surface area contributed by atoms with Crippen LogP contribution in [0.4, 0.5) is 0 Å². The summed E-state index contributed by atoms with van der Waals surface area (Å²) in [6.45, 7) is 4.72. The number of aromatic nitrogens is 3. The Kier molecular flexibility index (Phi) is 5.13. The van der Waals surface area contributed by atoms with E-state index in [1.54, 1.807) is 22.3 Å². The maximum absolute atomic E-state index is 12.3. The average Bonchev–Trinajstić information content (AvgIpc) is 2.80. The van der Waals surface area contributed by atoms with Crippen LogP contribution in [-0.2, 0) is 17.8 Å². The van der Waals surface area contributed by atoms with Gasteiger partial charge in [-0.15, -0.1) is 11.3 Å². The van der Waals surface area contributed by atoms with Gasteiger partial charge in [0.15, 0.2) is 9.37 Å². The Morgan fingerprint density at radius 1 is 1.52 bits per heavy atom. The molecule has 0 aliphatic rings. The first-order valence-electron chi connectivity index (χ1n) is 6.35. The summed E-state index contributed by atoms with van der Waals surface area (Å²) in [6, 6.07) is 0. The van der Waals surface area contributed by atoms with E-state index in [-0.39, 0.29) is 12.0 Å². The maximum atomic E-state index is 12.3. The number of aliphatic carboxylic acids is 1. The minimum absolute atomic E-state index is 0.114. The van der Waals surface area contributed by atoms with Crippen LogP contribution in [0.2, 0.25) is 0 Å². The molecule has 0 aliphatic carbocycles. The molecule has 0 unspecified atom stereocenters. The van der Waals surface area contributed by atoms with Gasteiger partial charge in [-0.2, -0.15) is 0 Å². The second kappa shape index (κ2) is 6.86. The predicted octanol–water partition coefficient (Wildman–Crippen LogP) is 2.13. The Morgan fingerprint density at radius 3 is 2.95 bits per heavy atom. The quantitative estimate of drug-likeness (QED) is 0.876. The first-order chi connectivity index (χ1) is 9.95. The molecule has 2 aromatic rings. The second-order valence-electron chi connectivity index (χ2n) is 4.86. The van der Waals surface area contributed by atoms with E-state index in [9.17, 15) is 9.59 Å². The molecule has 0 amide bonds. The van der Waals surface area contributed by atoms with E-state index >= 15 is 0 Å². The van der Waals surface area contributed by atoms with E-state index in [2.05, 4.69) is 9.97 Å². The minimum atomic E-state index is -0.922. The van der Waals surface area contributed by atoms with Gasteiger partial charge in [0.25, 0.3) is 5.56 Å². The molecular weight excluding hydrogens is 310 g/mol. The van der Waals surface area contributed by atoms with Crippen LogP contribution in [0, 0.1) is 5.92 Å². The third kappa shape index (κ3) is 4.40. The van der Waals surface area contributed by atoms with Crippen molar-refractivity contribution in [3.8, 4) is 0 Å². The van der Waals surface area contributed by atoms with Gasteiger partial charge in [0.05, 0.1) is 12.1 Å². The molecule has 2 rings (SSSR count). The summed E-state index contributed by atoms with van der Waals surface area (Å²) in [4.78, 5) is 31.2. The number of thiazole rings is 1. The molecule has 6 nitrogen and oxygen atoms in total. The molecule has 0 saturated heterocycles. The Morgan fingerprint density at radius 2 is 2.29 bits per heavy atom. The fourth-order valence-electron chi connectivity index (χ4n) is 1.69. The van der Waals surface area contributed by atoms with Gasteiger partial charge in [-0.05, 0) is 17.7 Å². The Balaban J connectivity index is 2.18. The summed E-state index contributed by atoms with van der Waals surface area (Å²) in [5.41, 5.74) is 0.347. The lowest BCUT2D eigenvalue weighted by molar-refractivity contribution is -0.136. The van der Waals surface area contributed by atoms with Gasteiger partial charge in [-0.1, -0.05) is 13.8 Å². The van der Waals surface area contributed by atoms with Crippen LogP contribution in [0.25, 0.3) is 0 Å². The largest absolute Gasteiger partial charge is 0.481 e. The van der Waals surface area contributed by atoms with Crippen molar-refractivity contribution in [3.05, 3.63) is 33.8 Å². The van der Waals surface area contributed by atoms with Crippen molar-refractivity contribution in [3.63, 3.8) is 0 Å². The minimum Gasteiger partial charge on any atom is -0.481 e. The summed E-state index contributed by atoms with van der Waals surface area (Å²) in [5.74, 6) is -0.557. The molecule has 0 aromatic carbocycles. The molecule has 0 aliphatic heterocycles. The fourth-order valence-corrected chi connectivity index (χ4v) is 3.45. The number of hydrogen-bond donors (Lipinski definition) is 1. The molecule has 0 fully saturated rings. The van der Waals surface area contributed by atoms with Crippen molar-refractivity contribution in [2.45, 2.75) is 36.2 Å². The summed E-state index contributed by atoms with van der Waals surface area (Å²) >= 11 is 2.49. The summed E-state index contributed by atoms with van der Waals surface area (Å²) < 4.78 is 2.25. The Hall–Kier alpha value is -1.67. The lowest BCUT2D eigenvalue weighted by Gasteiger charge is -2.08. The highest BCUT2D eigenvalue weighted by atomic mass is 32.2. The number of hydrogen-bond acceptors (Lipinski definition) is 6. The molecule has 0 saturated carbocycles. The molecule has 0 atom stereocenters. The van der Waals surface area contributed by atoms with E-state index in [1.807, 2.05) is 13.8 Å². The number of nitrogens with zero attached hydrogens (tertiary/aromatic N) is 3. The first-order valence-corrected chi connectivity index (χ1v) is 8.05. The topological polar surface area (TPSA) is 85.1 Å². The van der Waals surface area contributed by atoms with Gasteiger partial charge in [0.1, 0.15) is 0 Å². The molecule has 0 spiro atoms. The van der Waals surface area contributed by atoms with Crippen molar-refractivity contribution in [2.75, 3.05) is 0 Å². The van der Waals surface area contributed by atoms with Crippen LogP contribution in [0.3, 0.4) is 0 Å². The monoisotopic (exact) mass is 325 g/mol. The molecule has 1 N–H and O–H groups in total. The van der Waals surface area contributed by atoms with Crippen LogP contribution in [0.15, 0.2) is 31.9 Å². The smallest absolute Gasteiger partial charge is 0.309 e. The van der Waals surface area contributed by atoms with Gasteiger partial charge >= 0.3 is 5.97 Å². The summed E-state index contributed by atoms with van der Waals surface area (Å²) in [7, 11) is 0. The molecule has 0 radical (unpaired) electrons. The third-order valence-electron chi connectivity index (χ3n) is 2.49. The van der Waals surface area contributed by atoms with E-state index in [0.29, 0.717) is 27.5 Å². The van der Waals surface area contributed by atoms with Gasteiger partial charge in [-0.3, -0.25) is 9.59 Å². The molecule has 2 heterocycles. The average molecular weight is 325 g/mol. The van der Waals surface area contributed by atoms with Gasteiger partial charge in [0, 0.05) is 24.3 Å². The zero-order valence-corrected chi connectivity index (χ0v) is 13.3. The second-order valence-corrected chi connectivity index (χ2v) is 6.96. The van der Waals surface area contributed by atoms with Crippen LogP contribution < -0.4 is 5.56 Å². The fraction of sp³-hybridized carbons (Fsp3) is 0.385. The van der Waals surface area contributed by atoms with Gasteiger partial charge in [-0.25, -0.2) is 9.97 Å². The molecule has 112 valence electrons. The van der Waals surface area contributed by atoms with E-state index < -0.39 is 5.97 Å². The lowest BCUT2D eigenvalue weighted by Crippen LogP contribution is -2.23. The Bertz CT molecular complexity index is 694. The summed E-state index contributed by atoms with van der Waals surface area (Å²) in [5, 5.41) is 10.8. The highest BCUT2D eigenvalue weighted by molar-refractivity contribution is 8.00. The van der Waals surface area contributed by atoms with Gasteiger partial charge in [0.2, 0.25) is 0 Å². The maximum Gasteiger partial charge on any atom is 0.309 e. The molecule has 21 heavy (non-hydrogen) atoms. The molecule has 8 heteroatoms. The molecule has 2 aromatic heterocycles. The van der Waals surface area contributed by atoms with Gasteiger partial charge < -0.3 is 9.67 Å². The zero-order valence-electron chi connectivity index (χ0n) is 11.6. The van der Waals surface area contributed by atoms with Crippen LogP contribution in [0.5, 0.6) is 0 Å². The predicted molar refractivity (Wildman–Crippen MR) is 80.9 cm³/mol. The molecular formula is C13H15N3O3S2. The molecule has 0 bridgehead atoms. The highest BCUT2D eigenvalue weighted by Crippen LogP contribution is 2.27. The number of carboxylic acid groups (broad SMARTS) is 1. The first kappa shape index (κ1) is 15.7. The zero-order chi connectivity index (χ0) is 15.4. The van der Waals surface area contributed by atoms with E-state index in [1.165, 1.54) is 23.1 Å². The third-order valence-corrected chi connectivity index (χ3v) is 4.45. The number of carbonyl (C=O) groups is 1. The standard InChI is InChI=1S/C13H15N3O3S2/c1-8(2)6-16-4-3-14-11(12(16)19)21-13-15-9(7-20-13)5-10(17)18/h3-4,7-8H,5-6H2,1-2H3,(H,17,18). The van der Waals surface area contributed by atoms with Crippen LogP contribution >= 0.6 is 23.1 Å². The Labute approximate surface area is 129 Å². The van der Waals surface area contributed by atoms with Crippen molar-refractivity contribution in [1.29, 1.82) is 0 Å².